The molecular weight excluding hydrogens is 382 g/mol. The molecule has 156 valence electrons. The topological polar surface area (TPSA) is 52.7 Å². The minimum atomic E-state index is -0.111. The number of fused-ring (bicyclic) bond motifs is 1. The average molecular weight is 414 g/mol. The van der Waals surface area contributed by atoms with Crippen molar-refractivity contribution in [2.45, 2.75) is 52.5 Å². The number of anilines is 2. The third-order valence-corrected chi connectivity index (χ3v) is 6.25. The van der Waals surface area contributed by atoms with Crippen molar-refractivity contribution in [2.24, 2.45) is 0 Å². The molecule has 0 unspecified atom stereocenters. The number of carbonyl (C=O) groups is 2. The van der Waals surface area contributed by atoms with E-state index in [-0.39, 0.29) is 24.7 Å². The van der Waals surface area contributed by atoms with Crippen LogP contribution < -0.4 is 10.2 Å². The fourth-order valence-electron chi connectivity index (χ4n) is 3.73. The molecule has 0 spiro atoms. The Morgan fingerprint density at radius 3 is 2.48 bits per heavy atom. The minimum Gasteiger partial charge on any atom is -0.367 e. The second kappa shape index (κ2) is 10.4. The molecule has 1 N–H and O–H groups in total. The molecule has 2 amide bonds. The third kappa shape index (κ3) is 5.82. The Hall–Kier alpha value is -2.34. The van der Waals surface area contributed by atoms with Gasteiger partial charge in [0, 0.05) is 55.3 Å². The van der Waals surface area contributed by atoms with Crippen LogP contribution >= 0.6 is 11.3 Å². The Kier molecular flexibility index (Phi) is 7.69. The summed E-state index contributed by atoms with van der Waals surface area (Å²) in [5.41, 5.74) is 3.37. The number of rotatable bonds is 9. The normalized spacial score (nSPS) is 13.1. The van der Waals surface area contributed by atoms with Crippen LogP contribution in [0.5, 0.6) is 0 Å². The van der Waals surface area contributed by atoms with Crippen LogP contribution in [0, 0.1) is 0 Å². The van der Waals surface area contributed by atoms with Crippen LogP contribution in [0.25, 0.3) is 0 Å². The van der Waals surface area contributed by atoms with Crippen LogP contribution in [0.4, 0.5) is 11.4 Å². The first kappa shape index (κ1) is 21.4. The van der Waals surface area contributed by atoms with Crippen LogP contribution in [0.3, 0.4) is 0 Å². The van der Waals surface area contributed by atoms with Gasteiger partial charge in [0.2, 0.25) is 11.8 Å². The molecule has 0 fully saturated rings. The molecule has 2 aromatic rings. The maximum atomic E-state index is 12.3. The fourth-order valence-corrected chi connectivity index (χ4v) is 4.62. The summed E-state index contributed by atoms with van der Waals surface area (Å²) in [5.74, 6) is -0.0444. The Morgan fingerprint density at radius 2 is 1.79 bits per heavy atom. The van der Waals surface area contributed by atoms with Gasteiger partial charge in [0.15, 0.2) is 0 Å². The van der Waals surface area contributed by atoms with Gasteiger partial charge in [-0.15, -0.1) is 11.3 Å². The molecule has 0 bridgehead atoms. The monoisotopic (exact) mass is 413 g/mol. The summed E-state index contributed by atoms with van der Waals surface area (Å²) in [6.07, 6.45) is 3.45. The molecule has 0 radical (unpaired) electrons. The highest BCUT2D eigenvalue weighted by Gasteiger charge is 2.18. The van der Waals surface area contributed by atoms with E-state index in [1.54, 1.807) is 0 Å². The van der Waals surface area contributed by atoms with Gasteiger partial charge >= 0.3 is 0 Å². The maximum absolute atomic E-state index is 12.3. The number of nitrogens with one attached hydrogen (secondary N) is 1. The summed E-state index contributed by atoms with van der Waals surface area (Å²) in [5, 5.41) is 5.08. The minimum absolute atomic E-state index is 0.0668. The first-order valence-corrected chi connectivity index (χ1v) is 11.5. The van der Waals surface area contributed by atoms with Crippen molar-refractivity contribution in [1.82, 2.24) is 4.90 Å². The zero-order chi connectivity index (χ0) is 20.6. The Labute approximate surface area is 177 Å². The molecule has 1 aliphatic rings. The predicted octanol–water partition coefficient (Wildman–Crippen LogP) is 4.68. The van der Waals surface area contributed by atoms with Gasteiger partial charge in [-0.25, -0.2) is 0 Å². The van der Waals surface area contributed by atoms with Gasteiger partial charge in [0.05, 0.1) is 0 Å². The standard InChI is InChI=1S/C23H31N3O2S/c1-3-13-25(14-4-2)23(28)10-9-22(27)24-19-5-7-20(8-6-19)26-15-11-21-18(17-26)12-16-29-21/h5-8,12,16H,3-4,9-11,13-15,17H2,1-2H3,(H,24,27). The third-order valence-electron chi connectivity index (χ3n) is 5.23. The number of hydrogen-bond donors (Lipinski definition) is 1. The van der Waals surface area contributed by atoms with Gasteiger partial charge in [-0.05, 0) is 60.5 Å². The summed E-state index contributed by atoms with van der Waals surface area (Å²) >= 11 is 1.84. The lowest BCUT2D eigenvalue weighted by molar-refractivity contribution is -0.132. The van der Waals surface area contributed by atoms with E-state index in [4.69, 9.17) is 0 Å². The van der Waals surface area contributed by atoms with Crippen LogP contribution in [0.2, 0.25) is 0 Å². The molecule has 1 aromatic heterocycles. The summed E-state index contributed by atoms with van der Waals surface area (Å²) in [7, 11) is 0. The lowest BCUT2D eigenvalue weighted by Crippen LogP contribution is -2.33. The number of hydrogen-bond acceptors (Lipinski definition) is 4. The van der Waals surface area contributed by atoms with Crippen molar-refractivity contribution in [3.8, 4) is 0 Å². The smallest absolute Gasteiger partial charge is 0.224 e. The van der Waals surface area contributed by atoms with Gasteiger partial charge < -0.3 is 15.1 Å². The Morgan fingerprint density at radius 1 is 1.07 bits per heavy atom. The predicted molar refractivity (Wildman–Crippen MR) is 121 cm³/mol. The first-order valence-electron chi connectivity index (χ1n) is 10.6. The zero-order valence-corrected chi connectivity index (χ0v) is 18.3. The van der Waals surface area contributed by atoms with E-state index in [0.29, 0.717) is 0 Å². The highest BCUT2D eigenvalue weighted by Crippen LogP contribution is 2.28. The van der Waals surface area contributed by atoms with Crippen LogP contribution in [0.15, 0.2) is 35.7 Å². The molecule has 29 heavy (non-hydrogen) atoms. The highest BCUT2D eigenvalue weighted by atomic mass is 32.1. The van der Waals surface area contributed by atoms with Gasteiger partial charge in [0.1, 0.15) is 0 Å². The molecule has 3 rings (SSSR count). The number of benzene rings is 1. The average Bonchev–Trinajstić information content (AvgIpc) is 3.20. The highest BCUT2D eigenvalue weighted by molar-refractivity contribution is 7.10. The summed E-state index contributed by atoms with van der Waals surface area (Å²) in [4.78, 5) is 30.3. The molecule has 0 aliphatic carbocycles. The van der Waals surface area contributed by atoms with E-state index in [9.17, 15) is 9.59 Å². The van der Waals surface area contributed by atoms with Crippen molar-refractivity contribution in [3.05, 3.63) is 46.2 Å². The molecular formula is C23H31N3O2S. The molecule has 0 saturated heterocycles. The Balaban J connectivity index is 1.48. The van der Waals surface area contributed by atoms with Gasteiger partial charge in [-0.2, -0.15) is 0 Å². The maximum Gasteiger partial charge on any atom is 0.224 e. The first-order chi connectivity index (χ1) is 14.1. The van der Waals surface area contributed by atoms with Crippen LogP contribution in [0.1, 0.15) is 50.0 Å². The van der Waals surface area contributed by atoms with Crippen molar-refractivity contribution < 1.29 is 9.59 Å². The van der Waals surface area contributed by atoms with E-state index in [1.165, 1.54) is 16.1 Å². The lowest BCUT2D eigenvalue weighted by Gasteiger charge is -2.29. The van der Waals surface area contributed by atoms with E-state index in [2.05, 4.69) is 47.6 Å². The number of nitrogens with zero attached hydrogens (tertiary/aromatic N) is 2. The fraction of sp³-hybridized carbons (Fsp3) is 0.478. The molecule has 5 nitrogen and oxygen atoms in total. The van der Waals surface area contributed by atoms with Crippen LogP contribution in [-0.2, 0) is 22.6 Å². The van der Waals surface area contributed by atoms with Crippen molar-refractivity contribution >= 4 is 34.5 Å². The van der Waals surface area contributed by atoms with Crippen molar-refractivity contribution in [2.75, 3.05) is 29.9 Å². The summed E-state index contributed by atoms with van der Waals surface area (Å²) in [6, 6.07) is 10.2. The molecule has 1 aromatic carbocycles. The molecule has 6 heteroatoms. The number of carbonyl (C=O) groups excluding carboxylic acids is 2. The second-order valence-electron chi connectivity index (χ2n) is 7.52. The van der Waals surface area contributed by atoms with Gasteiger partial charge in [0.25, 0.3) is 0 Å². The largest absolute Gasteiger partial charge is 0.367 e. The SMILES string of the molecule is CCCN(CCC)C(=O)CCC(=O)Nc1ccc(N2CCc3sccc3C2)cc1. The Bertz CT molecular complexity index is 810. The summed E-state index contributed by atoms with van der Waals surface area (Å²) in [6.45, 7) is 7.62. The van der Waals surface area contributed by atoms with Crippen LogP contribution in [-0.4, -0.2) is 36.3 Å². The van der Waals surface area contributed by atoms with Gasteiger partial charge in [-0.3, -0.25) is 9.59 Å². The lowest BCUT2D eigenvalue weighted by atomic mass is 10.1. The van der Waals surface area contributed by atoms with E-state index in [1.807, 2.05) is 28.4 Å². The molecule has 2 heterocycles. The molecule has 0 atom stereocenters. The number of thiophene rings is 1. The van der Waals surface area contributed by atoms with Crippen molar-refractivity contribution in [3.63, 3.8) is 0 Å². The quantitative estimate of drug-likeness (QED) is 0.649. The molecule has 0 saturated carbocycles. The zero-order valence-electron chi connectivity index (χ0n) is 17.4. The van der Waals surface area contributed by atoms with Crippen molar-refractivity contribution in [1.29, 1.82) is 0 Å². The van der Waals surface area contributed by atoms with Gasteiger partial charge in [-0.1, -0.05) is 13.8 Å². The van der Waals surface area contributed by atoms with E-state index < -0.39 is 0 Å². The summed E-state index contributed by atoms with van der Waals surface area (Å²) < 4.78 is 0. The van der Waals surface area contributed by atoms with E-state index >= 15 is 0 Å². The second-order valence-corrected chi connectivity index (χ2v) is 8.52. The number of amides is 2. The van der Waals surface area contributed by atoms with E-state index in [0.717, 1.165) is 51.1 Å². The molecule has 1 aliphatic heterocycles.